The van der Waals surface area contributed by atoms with Crippen LogP contribution in [0.3, 0.4) is 0 Å². The maximum Gasteiger partial charge on any atom is 0.161 e. The normalized spacial score (nSPS) is 17.2. The molecule has 21 heavy (non-hydrogen) atoms. The molecular weight excluding hydrogens is 280 g/mol. The highest BCUT2D eigenvalue weighted by atomic mass is 32.2. The van der Waals surface area contributed by atoms with Gasteiger partial charge in [-0.15, -0.1) is 0 Å². The van der Waals surface area contributed by atoms with Crippen LogP contribution < -0.4 is 10.1 Å². The topological polar surface area (TPSA) is 33.6 Å². The van der Waals surface area contributed by atoms with Crippen molar-refractivity contribution in [2.24, 2.45) is 10.4 Å². The van der Waals surface area contributed by atoms with Gasteiger partial charge in [0.2, 0.25) is 0 Å². The third kappa shape index (κ3) is 4.40. The summed E-state index contributed by atoms with van der Waals surface area (Å²) in [6.07, 6.45) is 3.44. The molecule has 3 nitrogen and oxygen atoms in total. The minimum Gasteiger partial charge on any atom is -0.494 e. The van der Waals surface area contributed by atoms with Crippen LogP contribution in [0.1, 0.15) is 40.0 Å². The first-order valence-corrected chi connectivity index (χ1v) is 8.87. The molecule has 1 aliphatic heterocycles. The van der Waals surface area contributed by atoms with Gasteiger partial charge in [-0.05, 0) is 48.9 Å². The fourth-order valence-corrected chi connectivity index (χ4v) is 3.57. The van der Waals surface area contributed by atoms with Gasteiger partial charge in [0.25, 0.3) is 0 Å². The first kappa shape index (κ1) is 16.2. The molecule has 0 aliphatic carbocycles. The van der Waals surface area contributed by atoms with E-state index in [-0.39, 0.29) is 0 Å². The number of rotatable bonds is 6. The molecule has 4 heteroatoms. The summed E-state index contributed by atoms with van der Waals surface area (Å²) < 4.78 is 5.59. The van der Waals surface area contributed by atoms with E-state index in [2.05, 4.69) is 38.2 Å². The zero-order chi connectivity index (χ0) is 15.1. The number of amidine groups is 1. The van der Waals surface area contributed by atoms with Crippen molar-refractivity contribution in [3.63, 3.8) is 0 Å². The van der Waals surface area contributed by atoms with Crippen molar-refractivity contribution in [2.75, 3.05) is 24.2 Å². The lowest BCUT2D eigenvalue weighted by atomic mass is 9.84. The Hall–Kier alpha value is -1.16. The second-order valence-corrected chi connectivity index (χ2v) is 6.58. The van der Waals surface area contributed by atoms with Crippen LogP contribution in [-0.4, -0.2) is 24.1 Å². The molecule has 0 aromatic heterocycles. The molecule has 1 N–H and O–H groups in total. The van der Waals surface area contributed by atoms with Gasteiger partial charge in [-0.1, -0.05) is 32.5 Å². The molecule has 0 saturated heterocycles. The van der Waals surface area contributed by atoms with Crippen molar-refractivity contribution in [3.05, 3.63) is 24.3 Å². The zero-order valence-electron chi connectivity index (χ0n) is 13.3. The van der Waals surface area contributed by atoms with Crippen LogP contribution in [0.25, 0.3) is 0 Å². The Morgan fingerprint density at radius 1 is 1.19 bits per heavy atom. The third-order valence-electron chi connectivity index (χ3n) is 4.15. The quantitative estimate of drug-likeness (QED) is 0.820. The lowest BCUT2D eigenvalue weighted by Crippen LogP contribution is -2.32. The molecule has 116 valence electrons. The summed E-state index contributed by atoms with van der Waals surface area (Å²) in [5, 5.41) is 4.44. The Balaban J connectivity index is 1.92. The fraction of sp³-hybridized carbons (Fsp3) is 0.588. The number of hydrogen-bond acceptors (Lipinski definition) is 4. The van der Waals surface area contributed by atoms with Crippen molar-refractivity contribution in [1.82, 2.24) is 0 Å². The lowest BCUT2D eigenvalue weighted by molar-refractivity contribution is 0.317. The standard InChI is InChI=1S/C17H26N2OS/c1-4-11-20-15-9-7-14(8-10-15)19-16-18-12-17(5-2,6-3)13-21-16/h7-10H,4-6,11-13H2,1-3H3,(H,18,19). The van der Waals surface area contributed by atoms with Crippen LogP contribution in [0.15, 0.2) is 29.3 Å². The Labute approximate surface area is 132 Å². The summed E-state index contributed by atoms with van der Waals surface area (Å²) in [6, 6.07) is 8.12. The van der Waals surface area contributed by atoms with Gasteiger partial charge in [0.1, 0.15) is 5.75 Å². The van der Waals surface area contributed by atoms with Crippen molar-refractivity contribution in [1.29, 1.82) is 0 Å². The molecular formula is C17H26N2OS. The first-order chi connectivity index (χ1) is 10.2. The maximum absolute atomic E-state index is 5.59. The molecule has 0 saturated carbocycles. The van der Waals surface area contributed by atoms with E-state index in [1.54, 1.807) is 0 Å². The van der Waals surface area contributed by atoms with E-state index in [0.717, 1.165) is 41.9 Å². The SMILES string of the molecule is CCCOc1ccc(NC2=NCC(CC)(CC)CS2)cc1. The summed E-state index contributed by atoms with van der Waals surface area (Å²) in [6.45, 7) is 8.36. The molecule has 0 atom stereocenters. The van der Waals surface area contributed by atoms with Crippen molar-refractivity contribution >= 4 is 22.6 Å². The Kier molecular flexibility index (Phi) is 5.97. The predicted octanol–water partition coefficient (Wildman–Crippen LogP) is 4.80. The highest BCUT2D eigenvalue weighted by molar-refractivity contribution is 8.14. The van der Waals surface area contributed by atoms with E-state index < -0.39 is 0 Å². The van der Waals surface area contributed by atoms with Crippen LogP contribution in [0, 0.1) is 5.41 Å². The van der Waals surface area contributed by atoms with Crippen LogP contribution in [0.2, 0.25) is 0 Å². The number of benzene rings is 1. The summed E-state index contributed by atoms with van der Waals surface area (Å²) in [4.78, 5) is 4.73. The molecule has 0 bridgehead atoms. The number of nitrogens with one attached hydrogen (secondary N) is 1. The van der Waals surface area contributed by atoms with Crippen molar-refractivity contribution in [3.8, 4) is 5.75 Å². The smallest absolute Gasteiger partial charge is 0.161 e. The average Bonchev–Trinajstić information content (AvgIpc) is 2.55. The van der Waals surface area contributed by atoms with E-state index >= 15 is 0 Å². The minimum absolute atomic E-state index is 0.397. The fourth-order valence-electron chi connectivity index (χ4n) is 2.28. The van der Waals surface area contributed by atoms with Crippen LogP contribution in [0.4, 0.5) is 5.69 Å². The highest BCUT2D eigenvalue weighted by Gasteiger charge is 2.30. The number of thioether (sulfide) groups is 1. The van der Waals surface area contributed by atoms with Gasteiger partial charge in [-0.25, -0.2) is 0 Å². The lowest BCUT2D eigenvalue weighted by Gasteiger charge is -2.33. The summed E-state index contributed by atoms with van der Waals surface area (Å²) in [7, 11) is 0. The second kappa shape index (κ2) is 7.74. The Morgan fingerprint density at radius 2 is 1.90 bits per heavy atom. The number of aliphatic imine (C=N–C) groups is 1. The summed E-state index contributed by atoms with van der Waals surface area (Å²) in [5.41, 5.74) is 1.47. The van der Waals surface area contributed by atoms with Gasteiger partial charge in [0, 0.05) is 18.0 Å². The van der Waals surface area contributed by atoms with Gasteiger partial charge in [0.15, 0.2) is 5.17 Å². The number of nitrogens with zero attached hydrogens (tertiary/aromatic N) is 1. The number of ether oxygens (including phenoxy) is 1. The highest BCUT2D eigenvalue weighted by Crippen LogP contribution is 2.35. The van der Waals surface area contributed by atoms with Crippen molar-refractivity contribution in [2.45, 2.75) is 40.0 Å². The van der Waals surface area contributed by atoms with Crippen molar-refractivity contribution < 1.29 is 4.74 Å². The molecule has 0 spiro atoms. The van der Waals surface area contributed by atoms with Crippen LogP contribution in [-0.2, 0) is 0 Å². The monoisotopic (exact) mass is 306 g/mol. The summed E-state index contributed by atoms with van der Waals surface area (Å²) >= 11 is 1.84. The molecule has 0 fully saturated rings. The molecule has 0 amide bonds. The molecule has 0 unspecified atom stereocenters. The number of hydrogen-bond donors (Lipinski definition) is 1. The van der Waals surface area contributed by atoms with Gasteiger partial charge in [0.05, 0.1) is 6.61 Å². The van der Waals surface area contributed by atoms with E-state index in [1.807, 2.05) is 23.9 Å². The molecule has 1 aromatic carbocycles. The molecule has 2 rings (SSSR count). The zero-order valence-corrected chi connectivity index (χ0v) is 14.1. The molecule has 1 heterocycles. The predicted molar refractivity (Wildman–Crippen MR) is 93.6 cm³/mol. The van der Waals surface area contributed by atoms with Gasteiger partial charge >= 0.3 is 0 Å². The van der Waals surface area contributed by atoms with Gasteiger partial charge in [-0.2, -0.15) is 0 Å². The molecule has 1 aliphatic rings. The van der Waals surface area contributed by atoms with E-state index in [0.29, 0.717) is 5.41 Å². The second-order valence-electron chi connectivity index (χ2n) is 5.62. The largest absolute Gasteiger partial charge is 0.494 e. The van der Waals surface area contributed by atoms with Gasteiger partial charge in [-0.3, -0.25) is 4.99 Å². The van der Waals surface area contributed by atoms with E-state index in [1.165, 1.54) is 12.8 Å². The molecule has 0 radical (unpaired) electrons. The van der Waals surface area contributed by atoms with Crippen LogP contribution >= 0.6 is 11.8 Å². The summed E-state index contributed by atoms with van der Waals surface area (Å²) in [5.74, 6) is 2.08. The number of anilines is 1. The molecule has 1 aromatic rings. The average molecular weight is 306 g/mol. The van der Waals surface area contributed by atoms with E-state index in [9.17, 15) is 0 Å². The minimum atomic E-state index is 0.397. The Bertz CT molecular complexity index is 466. The maximum atomic E-state index is 5.59. The van der Waals surface area contributed by atoms with Gasteiger partial charge < -0.3 is 10.1 Å². The van der Waals surface area contributed by atoms with Crippen LogP contribution in [0.5, 0.6) is 5.75 Å². The van der Waals surface area contributed by atoms with E-state index in [4.69, 9.17) is 9.73 Å². The first-order valence-electron chi connectivity index (χ1n) is 7.88. The third-order valence-corrected chi connectivity index (χ3v) is 5.41. The Morgan fingerprint density at radius 3 is 2.43 bits per heavy atom.